The Morgan fingerprint density at radius 3 is 2.14 bits per heavy atom. The van der Waals surface area contributed by atoms with Crippen molar-refractivity contribution in [2.75, 3.05) is 0 Å². The van der Waals surface area contributed by atoms with Crippen LogP contribution in [-0.2, 0) is 18.3 Å². The molecule has 1 heterocycles. The van der Waals surface area contributed by atoms with Crippen LogP contribution in [0, 0.1) is 0 Å². The Kier molecular flexibility index (Phi) is 1.47. The maximum absolute atomic E-state index is 3.80. The summed E-state index contributed by atoms with van der Waals surface area (Å²) in [5, 5.41) is 0. The summed E-state index contributed by atoms with van der Waals surface area (Å²) in [4.78, 5) is 7.61. The van der Waals surface area contributed by atoms with E-state index in [9.17, 15) is 0 Å². The summed E-state index contributed by atoms with van der Waals surface area (Å²) in [6.07, 6.45) is 5.19. The molecule has 2 nitrogen and oxygen atoms in total. The summed E-state index contributed by atoms with van der Waals surface area (Å²) < 4.78 is 1.22. The van der Waals surface area contributed by atoms with Crippen LogP contribution >= 0.6 is 0 Å². The van der Waals surface area contributed by atoms with Gasteiger partial charge in [0.25, 0.3) is 0 Å². The third kappa shape index (κ3) is 1.32. The minimum absolute atomic E-state index is 1.14. The second-order valence-corrected chi connectivity index (χ2v) is 2.96. The summed E-state index contributed by atoms with van der Waals surface area (Å²) >= 11 is 1.14. The molecular formula is C4H3N2Zn. The molecule has 0 amide bonds. The quantitative estimate of drug-likeness (QED) is 0.465. The Hall–Kier alpha value is -0.297. The van der Waals surface area contributed by atoms with Gasteiger partial charge in [0.15, 0.2) is 0 Å². The summed E-state index contributed by atoms with van der Waals surface area (Å²) in [6.45, 7) is 0. The van der Waals surface area contributed by atoms with Crippen LogP contribution in [0.25, 0.3) is 0 Å². The van der Waals surface area contributed by atoms with Crippen LogP contribution in [0.5, 0.6) is 0 Å². The molecule has 3 heteroatoms. The number of hydrogen-bond acceptors (Lipinski definition) is 2. The molecule has 0 aromatic carbocycles. The van der Waals surface area contributed by atoms with Gasteiger partial charge in [0, 0.05) is 0 Å². The zero-order chi connectivity index (χ0) is 5.11. The van der Waals surface area contributed by atoms with Gasteiger partial charge in [-0.25, -0.2) is 0 Å². The molecule has 0 N–H and O–H groups in total. The normalized spacial score (nSPS) is 8.86. The average Bonchev–Trinajstić information content (AvgIpc) is 1.69. The van der Waals surface area contributed by atoms with Gasteiger partial charge >= 0.3 is 51.1 Å². The second kappa shape index (κ2) is 2.13. The van der Waals surface area contributed by atoms with Crippen molar-refractivity contribution in [1.29, 1.82) is 0 Å². The molecule has 0 saturated carbocycles. The van der Waals surface area contributed by atoms with Gasteiger partial charge in [0.05, 0.1) is 0 Å². The van der Waals surface area contributed by atoms with Gasteiger partial charge < -0.3 is 0 Å². The molecule has 1 aromatic rings. The van der Waals surface area contributed by atoms with Gasteiger partial charge in [-0.2, -0.15) is 0 Å². The predicted octanol–water partition coefficient (Wildman–Crippen LogP) is -0.351. The van der Waals surface area contributed by atoms with Crippen molar-refractivity contribution >= 4 is 4.16 Å². The van der Waals surface area contributed by atoms with Crippen LogP contribution in [0.3, 0.4) is 0 Å². The van der Waals surface area contributed by atoms with Gasteiger partial charge in [0.1, 0.15) is 0 Å². The van der Waals surface area contributed by atoms with Crippen molar-refractivity contribution < 1.29 is 18.3 Å². The zero-order valence-electron chi connectivity index (χ0n) is 3.83. The van der Waals surface area contributed by atoms with Crippen molar-refractivity contribution in [2.45, 2.75) is 0 Å². The van der Waals surface area contributed by atoms with Crippen LogP contribution in [0.15, 0.2) is 18.7 Å². The molecular weight excluding hydrogens is 141 g/mol. The Morgan fingerprint density at radius 1 is 1.29 bits per heavy atom. The molecule has 7 heavy (non-hydrogen) atoms. The Bertz CT molecular complexity index is 140. The van der Waals surface area contributed by atoms with E-state index < -0.39 is 0 Å². The van der Waals surface area contributed by atoms with Crippen molar-refractivity contribution in [3.63, 3.8) is 0 Å². The predicted molar refractivity (Wildman–Crippen MR) is 21.7 cm³/mol. The van der Waals surface area contributed by atoms with E-state index in [4.69, 9.17) is 0 Å². The first-order valence-corrected chi connectivity index (χ1v) is 3.45. The molecule has 0 radical (unpaired) electrons. The van der Waals surface area contributed by atoms with E-state index in [1.807, 2.05) is 12.4 Å². The molecule has 0 aliphatic rings. The van der Waals surface area contributed by atoms with Crippen LogP contribution in [0.4, 0.5) is 0 Å². The molecule has 0 saturated heterocycles. The number of rotatable bonds is 0. The Balaban J connectivity index is 3.02. The molecule has 0 atom stereocenters. The molecule has 0 fully saturated rings. The van der Waals surface area contributed by atoms with Gasteiger partial charge in [-0.15, -0.1) is 0 Å². The van der Waals surface area contributed by atoms with E-state index in [0.29, 0.717) is 0 Å². The summed E-state index contributed by atoms with van der Waals surface area (Å²) in [5.74, 6) is 0. The number of aromatic nitrogens is 2. The molecule has 0 aliphatic heterocycles. The molecule has 0 unspecified atom stereocenters. The van der Waals surface area contributed by atoms with Gasteiger partial charge in [-0.3, -0.25) is 0 Å². The van der Waals surface area contributed by atoms with E-state index >= 15 is 0 Å². The SMILES string of the molecule is [Zn][c]1cncnc1. The van der Waals surface area contributed by atoms with Crippen LogP contribution in [0.1, 0.15) is 0 Å². The average molecular weight is 144 g/mol. The van der Waals surface area contributed by atoms with E-state index in [-0.39, 0.29) is 0 Å². The van der Waals surface area contributed by atoms with Gasteiger partial charge in [-0.05, 0) is 0 Å². The third-order valence-corrected chi connectivity index (χ3v) is 1.38. The van der Waals surface area contributed by atoms with E-state index in [0.717, 1.165) is 18.3 Å². The fourth-order valence-electron chi connectivity index (χ4n) is 0.330. The van der Waals surface area contributed by atoms with Crippen molar-refractivity contribution in [3.8, 4) is 0 Å². The fraction of sp³-hybridized carbons (Fsp3) is 0. The topological polar surface area (TPSA) is 25.8 Å². The number of hydrogen-bond donors (Lipinski definition) is 0. The molecule has 0 spiro atoms. The van der Waals surface area contributed by atoms with Crippen LogP contribution < -0.4 is 4.16 Å². The van der Waals surface area contributed by atoms with E-state index in [1.165, 1.54) is 4.16 Å². The number of nitrogens with zero attached hydrogens (tertiary/aromatic N) is 2. The summed E-state index contributed by atoms with van der Waals surface area (Å²) in [6, 6.07) is 0. The summed E-state index contributed by atoms with van der Waals surface area (Å²) in [5.41, 5.74) is 0. The zero-order valence-corrected chi connectivity index (χ0v) is 6.80. The van der Waals surface area contributed by atoms with E-state index in [2.05, 4.69) is 9.97 Å². The molecule has 1 rings (SSSR count). The van der Waals surface area contributed by atoms with Crippen molar-refractivity contribution in [2.24, 2.45) is 0 Å². The monoisotopic (exact) mass is 143 g/mol. The van der Waals surface area contributed by atoms with Gasteiger partial charge in [-0.1, -0.05) is 0 Å². The molecule has 0 bridgehead atoms. The molecule has 31 valence electrons. The first-order chi connectivity index (χ1) is 3.39. The molecule has 1 aromatic heterocycles. The Morgan fingerprint density at radius 2 is 1.86 bits per heavy atom. The van der Waals surface area contributed by atoms with Crippen LogP contribution in [-0.4, -0.2) is 9.97 Å². The summed E-state index contributed by atoms with van der Waals surface area (Å²) in [7, 11) is 0. The van der Waals surface area contributed by atoms with Crippen molar-refractivity contribution in [1.82, 2.24) is 9.97 Å². The van der Waals surface area contributed by atoms with Gasteiger partial charge in [0.2, 0.25) is 0 Å². The first kappa shape index (κ1) is 4.85. The van der Waals surface area contributed by atoms with Crippen LogP contribution in [0.2, 0.25) is 0 Å². The van der Waals surface area contributed by atoms with Crippen molar-refractivity contribution in [3.05, 3.63) is 18.7 Å². The Labute approximate surface area is 51.7 Å². The minimum atomic E-state index is 1.14. The molecule has 0 aliphatic carbocycles. The van der Waals surface area contributed by atoms with E-state index in [1.54, 1.807) is 6.33 Å². The first-order valence-electron chi connectivity index (χ1n) is 1.96. The standard InChI is InChI=1S/C4H3N2.Zn/c1-2-5-4-6-3-1;/h2-4H;. The third-order valence-electron chi connectivity index (χ3n) is 0.614. The fourth-order valence-corrected chi connectivity index (χ4v) is 0.772. The maximum atomic E-state index is 3.80. The second-order valence-electron chi connectivity index (χ2n) is 1.25.